The second-order valence-corrected chi connectivity index (χ2v) is 4.70. The van der Waals surface area contributed by atoms with Crippen LogP contribution in [-0.4, -0.2) is 12.6 Å². The summed E-state index contributed by atoms with van der Waals surface area (Å²) in [5.41, 5.74) is 3.24. The Morgan fingerprint density at radius 1 is 0.900 bits per heavy atom. The van der Waals surface area contributed by atoms with E-state index < -0.39 is 0 Å². The van der Waals surface area contributed by atoms with Crippen LogP contribution in [0, 0.1) is 0 Å². The van der Waals surface area contributed by atoms with Crippen molar-refractivity contribution in [3.63, 3.8) is 0 Å². The van der Waals surface area contributed by atoms with Gasteiger partial charge in [-0.05, 0) is 10.8 Å². The number of fused-ring (bicyclic) bond motifs is 2. The van der Waals surface area contributed by atoms with Crippen LogP contribution < -0.4 is 5.43 Å². The maximum atomic E-state index is 10.3. The van der Waals surface area contributed by atoms with Crippen molar-refractivity contribution in [2.75, 3.05) is 0 Å². The molecule has 0 heterocycles. The van der Waals surface area contributed by atoms with E-state index in [1.165, 1.54) is 0 Å². The molecule has 0 atom stereocenters. The number of carbonyl (C=O) groups is 1. The molecule has 0 saturated carbocycles. The first kappa shape index (κ1) is 12.6. The van der Waals surface area contributed by atoms with Crippen molar-refractivity contribution in [1.82, 2.24) is 5.43 Å². The van der Waals surface area contributed by atoms with Crippen molar-refractivity contribution in [1.29, 1.82) is 0 Å². The minimum absolute atomic E-state index is 0.538. The van der Waals surface area contributed by atoms with Gasteiger partial charge in [0, 0.05) is 16.3 Å². The van der Waals surface area contributed by atoms with Gasteiger partial charge in [0.25, 0.3) is 0 Å². The lowest BCUT2D eigenvalue weighted by Crippen LogP contribution is -2.01. The summed E-state index contributed by atoms with van der Waals surface area (Å²) in [6.07, 6.45) is 2.19. The van der Waals surface area contributed by atoms with Gasteiger partial charge in [0.05, 0.1) is 11.2 Å². The molecule has 20 heavy (non-hydrogen) atoms. The Balaban J connectivity index is 2.43. The molecule has 3 nitrogen and oxygen atoms in total. The Hall–Kier alpha value is -2.39. The number of benzene rings is 3. The van der Waals surface area contributed by atoms with Gasteiger partial charge in [0.1, 0.15) is 0 Å². The highest BCUT2D eigenvalue weighted by molar-refractivity contribution is 6.42. The lowest BCUT2D eigenvalue weighted by atomic mass is 9.97. The molecule has 3 aromatic rings. The van der Waals surface area contributed by atoms with Crippen LogP contribution >= 0.6 is 11.6 Å². The van der Waals surface area contributed by atoms with Crippen LogP contribution in [0.25, 0.3) is 21.5 Å². The van der Waals surface area contributed by atoms with E-state index in [1.807, 2.05) is 48.5 Å². The summed E-state index contributed by atoms with van der Waals surface area (Å²) in [6.45, 7) is 0. The minimum Gasteiger partial charge on any atom is -0.277 e. The van der Waals surface area contributed by atoms with Crippen molar-refractivity contribution in [2.24, 2.45) is 5.10 Å². The van der Waals surface area contributed by atoms with Gasteiger partial charge in [-0.1, -0.05) is 60.1 Å². The van der Waals surface area contributed by atoms with E-state index in [9.17, 15) is 4.79 Å². The standard InChI is InChI=1S/C16H11ClN2O/c17-16-13-7-3-1-5-11(13)15(9-18-19-10-20)12-6-2-4-8-14(12)16/h1-10H,(H,19,20)/b18-9+. The number of rotatable bonds is 3. The van der Waals surface area contributed by atoms with E-state index in [1.54, 1.807) is 6.21 Å². The summed E-state index contributed by atoms with van der Waals surface area (Å²) in [4.78, 5) is 10.3. The van der Waals surface area contributed by atoms with Gasteiger partial charge in [-0.3, -0.25) is 4.79 Å². The molecule has 0 unspecified atom stereocenters. The first-order chi connectivity index (χ1) is 9.83. The number of halogens is 1. The van der Waals surface area contributed by atoms with Gasteiger partial charge in [0.2, 0.25) is 6.41 Å². The molecule has 0 aliphatic rings. The summed E-state index contributed by atoms with van der Waals surface area (Å²) in [5.74, 6) is 0. The van der Waals surface area contributed by atoms with Crippen LogP contribution in [-0.2, 0) is 4.79 Å². The van der Waals surface area contributed by atoms with Crippen molar-refractivity contribution in [2.45, 2.75) is 0 Å². The van der Waals surface area contributed by atoms with Crippen molar-refractivity contribution >= 4 is 45.8 Å². The van der Waals surface area contributed by atoms with Gasteiger partial charge in [-0.2, -0.15) is 5.10 Å². The minimum atomic E-state index is 0.538. The lowest BCUT2D eigenvalue weighted by molar-refractivity contribution is -0.109. The van der Waals surface area contributed by atoms with E-state index in [-0.39, 0.29) is 0 Å². The predicted molar refractivity (Wildman–Crippen MR) is 83.3 cm³/mol. The Labute approximate surface area is 120 Å². The third-order valence-corrected chi connectivity index (χ3v) is 3.64. The zero-order valence-corrected chi connectivity index (χ0v) is 11.3. The maximum Gasteiger partial charge on any atom is 0.227 e. The first-order valence-electron chi connectivity index (χ1n) is 6.14. The van der Waals surface area contributed by atoms with E-state index >= 15 is 0 Å². The number of carbonyl (C=O) groups excluding carboxylic acids is 1. The summed E-state index contributed by atoms with van der Waals surface area (Å²) in [5, 5.41) is 8.60. The molecule has 0 aromatic heterocycles. The molecule has 1 amide bonds. The molecule has 1 N–H and O–H groups in total. The molecule has 0 fully saturated rings. The normalized spacial score (nSPS) is 11.2. The third kappa shape index (κ3) is 2.02. The summed E-state index contributed by atoms with van der Waals surface area (Å²) < 4.78 is 0. The van der Waals surface area contributed by atoms with E-state index in [2.05, 4.69) is 10.5 Å². The van der Waals surface area contributed by atoms with E-state index in [4.69, 9.17) is 11.6 Å². The van der Waals surface area contributed by atoms with Crippen molar-refractivity contribution in [3.05, 3.63) is 59.1 Å². The van der Waals surface area contributed by atoms with Gasteiger partial charge < -0.3 is 0 Å². The molecule has 98 valence electrons. The molecule has 0 aliphatic heterocycles. The fourth-order valence-corrected chi connectivity index (χ4v) is 2.71. The lowest BCUT2D eigenvalue weighted by Gasteiger charge is -2.10. The van der Waals surface area contributed by atoms with E-state index in [0.29, 0.717) is 6.41 Å². The number of nitrogens with one attached hydrogen (secondary N) is 1. The Morgan fingerprint density at radius 2 is 1.40 bits per heavy atom. The third-order valence-electron chi connectivity index (χ3n) is 3.23. The molecule has 3 aromatic carbocycles. The molecule has 3 rings (SSSR count). The number of hydrogen-bond acceptors (Lipinski definition) is 2. The smallest absolute Gasteiger partial charge is 0.227 e. The highest BCUT2D eigenvalue weighted by atomic mass is 35.5. The highest BCUT2D eigenvalue weighted by Gasteiger charge is 2.10. The number of amides is 1. The van der Waals surface area contributed by atoms with Crippen molar-refractivity contribution in [3.8, 4) is 0 Å². The van der Waals surface area contributed by atoms with Crippen LogP contribution in [0.2, 0.25) is 5.02 Å². The van der Waals surface area contributed by atoms with Gasteiger partial charge in [-0.25, -0.2) is 5.43 Å². The Morgan fingerprint density at radius 3 is 1.90 bits per heavy atom. The molecular formula is C16H11ClN2O. The van der Waals surface area contributed by atoms with Crippen LogP contribution in [0.4, 0.5) is 0 Å². The SMILES string of the molecule is O=CN/N=C/c1c2ccccc2c(Cl)c2ccccc12. The Bertz CT molecular complexity index is 770. The predicted octanol–water partition coefficient (Wildman–Crippen LogP) is 3.73. The van der Waals surface area contributed by atoms with Gasteiger partial charge in [0.15, 0.2) is 0 Å². The molecule has 0 bridgehead atoms. The van der Waals surface area contributed by atoms with Crippen LogP contribution in [0.5, 0.6) is 0 Å². The van der Waals surface area contributed by atoms with Crippen LogP contribution in [0.3, 0.4) is 0 Å². The number of nitrogens with zero attached hydrogens (tertiary/aromatic N) is 1. The quantitative estimate of drug-likeness (QED) is 0.338. The molecule has 0 aliphatic carbocycles. The highest BCUT2D eigenvalue weighted by Crippen LogP contribution is 2.35. The largest absolute Gasteiger partial charge is 0.277 e. The summed E-state index contributed by atoms with van der Waals surface area (Å²) in [7, 11) is 0. The number of hydrazone groups is 1. The second kappa shape index (κ2) is 5.31. The molecule has 0 saturated heterocycles. The topological polar surface area (TPSA) is 41.5 Å². The van der Waals surface area contributed by atoms with Crippen LogP contribution in [0.15, 0.2) is 53.6 Å². The van der Waals surface area contributed by atoms with Gasteiger partial charge in [-0.15, -0.1) is 0 Å². The molecule has 4 heteroatoms. The Kier molecular flexibility index (Phi) is 3.35. The molecular weight excluding hydrogens is 272 g/mol. The summed E-state index contributed by atoms with van der Waals surface area (Å²) in [6, 6.07) is 15.8. The average molecular weight is 283 g/mol. The fourth-order valence-electron chi connectivity index (χ4n) is 2.38. The average Bonchev–Trinajstić information content (AvgIpc) is 2.51. The number of hydrogen-bond donors (Lipinski definition) is 1. The van der Waals surface area contributed by atoms with Crippen molar-refractivity contribution < 1.29 is 4.79 Å². The second-order valence-electron chi connectivity index (χ2n) is 4.32. The monoisotopic (exact) mass is 282 g/mol. The summed E-state index contributed by atoms with van der Waals surface area (Å²) >= 11 is 6.49. The molecule has 0 radical (unpaired) electrons. The zero-order chi connectivity index (χ0) is 13.9. The van der Waals surface area contributed by atoms with Gasteiger partial charge >= 0.3 is 0 Å². The zero-order valence-electron chi connectivity index (χ0n) is 10.5. The fraction of sp³-hybridized carbons (Fsp3) is 0. The van der Waals surface area contributed by atoms with E-state index in [0.717, 1.165) is 32.1 Å². The molecule has 0 spiro atoms. The first-order valence-corrected chi connectivity index (χ1v) is 6.52. The maximum absolute atomic E-state index is 10.3. The van der Waals surface area contributed by atoms with Crippen LogP contribution in [0.1, 0.15) is 5.56 Å².